The molecule has 2 heteroatoms. The van der Waals surface area contributed by atoms with Gasteiger partial charge in [-0.25, -0.2) is 0 Å². The van der Waals surface area contributed by atoms with E-state index in [1.165, 1.54) is 17.5 Å². The van der Waals surface area contributed by atoms with E-state index in [0.717, 1.165) is 25.4 Å². The van der Waals surface area contributed by atoms with Gasteiger partial charge in [0.25, 0.3) is 0 Å². The molecule has 2 nitrogen and oxygen atoms in total. The van der Waals surface area contributed by atoms with Crippen LogP contribution in [0.2, 0.25) is 0 Å². The molecule has 2 aromatic carbocycles. The predicted octanol–water partition coefficient (Wildman–Crippen LogP) is 3.86. The summed E-state index contributed by atoms with van der Waals surface area (Å²) in [6, 6.07) is 19.3. The van der Waals surface area contributed by atoms with Crippen molar-refractivity contribution in [3.63, 3.8) is 0 Å². The summed E-state index contributed by atoms with van der Waals surface area (Å²) in [5, 5.41) is 0. The Bertz CT molecular complexity index is 578. The van der Waals surface area contributed by atoms with Crippen molar-refractivity contribution in [3.8, 4) is 5.75 Å². The molecule has 0 amide bonds. The van der Waals surface area contributed by atoms with E-state index in [1.54, 1.807) is 7.11 Å². The zero-order valence-corrected chi connectivity index (χ0v) is 12.9. The molecule has 0 aromatic heterocycles. The minimum absolute atomic E-state index is 0.251. The Balaban J connectivity index is 1.69. The molecule has 0 unspecified atom stereocenters. The fourth-order valence-electron chi connectivity index (χ4n) is 3.26. The van der Waals surface area contributed by atoms with E-state index in [2.05, 4.69) is 66.4 Å². The molecule has 1 aliphatic rings. The van der Waals surface area contributed by atoms with Crippen LogP contribution in [0, 0.1) is 0 Å². The van der Waals surface area contributed by atoms with Crippen LogP contribution in [0.25, 0.3) is 0 Å². The summed E-state index contributed by atoms with van der Waals surface area (Å²) in [6.45, 7) is 5.71. The van der Waals surface area contributed by atoms with Gasteiger partial charge in [-0.05, 0) is 36.2 Å². The summed E-state index contributed by atoms with van der Waals surface area (Å²) in [6.07, 6.45) is 1.21. The number of hydrogen-bond acceptors (Lipinski definition) is 2. The minimum Gasteiger partial charge on any atom is -0.497 e. The Morgan fingerprint density at radius 2 is 1.76 bits per heavy atom. The van der Waals surface area contributed by atoms with Crippen LogP contribution in [0.5, 0.6) is 5.75 Å². The van der Waals surface area contributed by atoms with E-state index in [9.17, 15) is 0 Å². The van der Waals surface area contributed by atoms with Gasteiger partial charge in [0.1, 0.15) is 5.75 Å². The molecule has 0 saturated carbocycles. The van der Waals surface area contributed by atoms with E-state index >= 15 is 0 Å². The maximum absolute atomic E-state index is 5.25. The lowest BCUT2D eigenvalue weighted by atomic mass is 9.82. The molecule has 0 aliphatic carbocycles. The van der Waals surface area contributed by atoms with Gasteiger partial charge < -0.3 is 4.74 Å². The van der Waals surface area contributed by atoms with Crippen LogP contribution < -0.4 is 4.74 Å². The highest BCUT2D eigenvalue weighted by Gasteiger charge is 2.35. The smallest absolute Gasteiger partial charge is 0.118 e. The number of methoxy groups -OCH3 is 1. The SMILES string of the molecule is COc1ccc([C@]2(C)CCN(Cc3ccccc3)C2)cc1. The molecule has 1 atom stereocenters. The molecule has 0 N–H and O–H groups in total. The lowest BCUT2D eigenvalue weighted by Gasteiger charge is -2.25. The van der Waals surface area contributed by atoms with Crippen molar-refractivity contribution in [1.82, 2.24) is 4.90 Å². The quantitative estimate of drug-likeness (QED) is 0.844. The van der Waals surface area contributed by atoms with Gasteiger partial charge in [-0.15, -0.1) is 0 Å². The van der Waals surface area contributed by atoms with Gasteiger partial charge in [0.05, 0.1) is 7.11 Å². The zero-order chi connectivity index (χ0) is 14.7. The third-order valence-electron chi connectivity index (χ3n) is 4.59. The maximum Gasteiger partial charge on any atom is 0.118 e. The Morgan fingerprint density at radius 3 is 2.43 bits per heavy atom. The first kappa shape index (κ1) is 14.2. The van der Waals surface area contributed by atoms with Crippen LogP contribution in [0.15, 0.2) is 54.6 Å². The average Bonchev–Trinajstić information content (AvgIpc) is 2.91. The van der Waals surface area contributed by atoms with Crippen molar-refractivity contribution in [2.75, 3.05) is 20.2 Å². The van der Waals surface area contributed by atoms with E-state index < -0.39 is 0 Å². The summed E-state index contributed by atoms with van der Waals surface area (Å²) in [4.78, 5) is 2.56. The second kappa shape index (κ2) is 5.90. The van der Waals surface area contributed by atoms with E-state index in [4.69, 9.17) is 4.74 Å². The third-order valence-corrected chi connectivity index (χ3v) is 4.59. The summed E-state index contributed by atoms with van der Waals surface area (Å²) in [5.74, 6) is 0.932. The fraction of sp³-hybridized carbons (Fsp3) is 0.368. The number of nitrogens with zero attached hydrogens (tertiary/aromatic N) is 1. The molecule has 0 radical (unpaired) electrons. The molecule has 1 saturated heterocycles. The number of hydrogen-bond donors (Lipinski definition) is 0. The van der Waals surface area contributed by atoms with Crippen molar-refractivity contribution >= 4 is 0 Å². The van der Waals surface area contributed by atoms with Crippen molar-refractivity contribution in [1.29, 1.82) is 0 Å². The first-order valence-corrected chi connectivity index (χ1v) is 7.60. The van der Waals surface area contributed by atoms with Crippen LogP contribution in [0.4, 0.5) is 0 Å². The number of benzene rings is 2. The Kier molecular flexibility index (Phi) is 3.98. The van der Waals surface area contributed by atoms with Crippen LogP contribution in [-0.2, 0) is 12.0 Å². The van der Waals surface area contributed by atoms with E-state index in [-0.39, 0.29) is 5.41 Å². The molecule has 0 bridgehead atoms. The first-order valence-electron chi connectivity index (χ1n) is 7.60. The standard InChI is InChI=1S/C19H23NO/c1-19(17-8-10-18(21-2)11-9-17)12-13-20(15-19)14-16-6-4-3-5-7-16/h3-11H,12-15H2,1-2H3/t19-/m1/s1. The van der Waals surface area contributed by atoms with Gasteiger partial charge in [-0.3, -0.25) is 4.90 Å². The largest absolute Gasteiger partial charge is 0.497 e. The van der Waals surface area contributed by atoms with Crippen LogP contribution in [0.3, 0.4) is 0 Å². The lowest BCUT2D eigenvalue weighted by molar-refractivity contribution is 0.309. The topological polar surface area (TPSA) is 12.5 Å². The van der Waals surface area contributed by atoms with Crippen molar-refractivity contribution in [3.05, 3.63) is 65.7 Å². The highest BCUT2D eigenvalue weighted by atomic mass is 16.5. The molecule has 1 fully saturated rings. The number of ether oxygens (including phenoxy) is 1. The maximum atomic E-state index is 5.25. The number of rotatable bonds is 4. The van der Waals surface area contributed by atoms with Crippen molar-refractivity contribution in [2.24, 2.45) is 0 Å². The van der Waals surface area contributed by atoms with Gasteiger partial charge in [0.15, 0.2) is 0 Å². The number of likely N-dealkylation sites (tertiary alicyclic amines) is 1. The van der Waals surface area contributed by atoms with Crippen LogP contribution in [-0.4, -0.2) is 25.1 Å². The summed E-state index contributed by atoms with van der Waals surface area (Å²) >= 11 is 0. The van der Waals surface area contributed by atoms with E-state index in [0.29, 0.717) is 0 Å². The van der Waals surface area contributed by atoms with Gasteiger partial charge in [-0.1, -0.05) is 49.4 Å². The molecule has 21 heavy (non-hydrogen) atoms. The predicted molar refractivity (Wildman–Crippen MR) is 86.7 cm³/mol. The van der Waals surface area contributed by atoms with Crippen molar-refractivity contribution in [2.45, 2.75) is 25.3 Å². The van der Waals surface area contributed by atoms with Crippen LogP contribution in [0.1, 0.15) is 24.5 Å². The highest BCUT2D eigenvalue weighted by Crippen LogP contribution is 2.35. The molecule has 0 spiro atoms. The molecule has 1 aliphatic heterocycles. The van der Waals surface area contributed by atoms with Gasteiger partial charge in [0, 0.05) is 18.5 Å². The first-order chi connectivity index (χ1) is 10.2. The fourth-order valence-corrected chi connectivity index (χ4v) is 3.26. The van der Waals surface area contributed by atoms with Crippen molar-refractivity contribution < 1.29 is 4.74 Å². The molecule has 1 heterocycles. The highest BCUT2D eigenvalue weighted by molar-refractivity contribution is 5.33. The zero-order valence-electron chi connectivity index (χ0n) is 12.9. The van der Waals surface area contributed by atoms with Gasteiger partial charge in [-0.2, -0.15) is 0 Å². The lowest BCUT2D eigenvalue weighted by Crippen LogP contribution is -2.27. The molecule has 2 aromatic rings. The van der Waals surface area contributed by atoms with Crippen LogP contribution >= 0.6 is 0 Å². The third kappa shape index (κ3) is 3.11. The Hall–Kier alpha value is -1.80. The second-order valence-corrected chi connectivity index (χ2v) is 6.24. The molecular formula is C19H23NO. The molecule has 110 valence electrons. The molecule has 3 rings (SSSR count). The monoisotopic (exact) mass is 281 g/mol. The normalized spacial score (nSPS) is 22.4. The summed E-state index contributed by atoms with van der Waals surface area (Å²) in [5.41, 5.74) is 3.07. The van der Waals surface area contributed by atoms with Gasteiger partial charge >= 0.3 is 0 Å². The van der Waals surface area contributed by atoms with Gasteiger partial charge in [0.2, 0.25) is 0 Å². The van der Waals surface area contributed by atoms with E-state index in [1.807, 2.05) is 0 Å². The Morgan fingerprint density at radius 1 is 1.05 bits per heavy atom. The summed E-state index contributed by atoms with van der Waals surface area (Å²) < 4.78 is 5.25. The minimum atomic E-state index is 0.251. The Labute approximate surface area is 127 Å². The molecular weight excluding hydrogens is 258 g/mol. The average molecular weight is 281 g/mol. The summed E-state index contributed by atoms with van der Waals surface area (Å²) in [7, 11) is 1.72. The second-order valence-electron chi connectivity index (χ2n) is 6.24.